The third kappa shape index (κ3) is 4.00. The van der Waals surface area contributed by atoms with Gasteiger partial charge in [-0.25, -0.2) is 0 Å². The van der Waals surface area contributed by atoms with E-state index in [9.17, 15) is 9.59 Å². The highest BCUT2D eigenvalue weighted by molar-refractivity contribution is 9.10. The summed E-state index contributed by atoms with van der Waals surface area (Å²) in [7, 11) is 4.01. The standard InChI is InChI=1S/C23H24BrN3O2/c1-26-12-10-17(11-13-26)27(2)23(29)16-8-6-15(7-9-16)21-14-19-18(22(28)25-21)4-3-5-20(19)24/h3-9,14,17H,10-13H2,1-2H3,(H,25,28). The number of piperidine rings is 1. The Morgan fingerprint density at radius 3 is 2.48 bits per heavy atom. The molecule has 1 aliphatic rings. The maximum absolute atomic E-state index is 12.9. The number of aromatic amines is 1. The van der Waals surface area contributed by atoms with Gasteiger partial charge in [-0.2, -0.15) is 0 Å². The van der Waals surface area contributed by atoms with Crippen LogP contribution in [0, 0.1) is 0 Å². The summed E-state index contributed by atoms with van der Waals surface area (Å²) in [5.74, 6) is 0.0425. The van der Waals surface area contributed by atoms with Crippen LogP contribution in [0.1, 0.15) is 23.2 Å². The highest BCUT2D eigenvalue weighted by atomic mass is 79.9. The molecule has 2 heterocycles. The van der Waals surface area contributed by atoms with Gasteiger partial charge < -0.3 is 14.8 Å². The SMILES string of the molecule is CN1CCC(N(C)C(=O)c2ccc(-c3cc4c(Br)cccc4c(=O)[nH]3)cc2)CC1. The minimum Gasteiger partial charge on any atom is -0.339 e. The molecule has 0 bridgehead atoms. The Kier molecular flexibility index (Phi) is 5.56. The van der Waals surface area contributed by atoms with Crippen LogP contribution in [0.5, 0.6) is 0 Å². The molecule has 29 heavy (non-hydrogen) atoms. The number of pyridine rings is 1. The quantitative estimate of drug-likeness (QED) is 0.648. The van der Waals surface area contributed by atoms with E-state index in [0.29, 0.717) is 10.9 Å². The van der Waals surface area contributed by atoms with Crippen molar-refractivity contribution >= 4 is 32.6 Å². The molecule has 4 rings (SSSR count). The molecule has 5 nitrogen and oxygen atoms in total. The van der Waals surface area contributed by atoms with Crippen molar-refractivity contribution in [1.29, 1.82) is 0 Å². The van der Waals surface area contributed by atoms with Gasteiger partial charge in [0.1, 0.15) is 0 Å². The van der Waals surface area contributed by atoms with Gasteiger partial charge >= 0.3 is 0 Å². The number of nitrogens with zero attached hydrogens (tertiary/aromatic N) is 2. The lowest BCUT2D eigenvalue weighted by atomic mass is 10.0. The van der Waals surface area contributed by atoms with Crippen molar-refractivity contribution in [2.75, 3.05) is 27.2 Å². The maximum Gasteiger partial charge on any atom is 0.256 e. The number of nitrogens with one attached hydrogen (secondary N) is 1. The van der Waals surface area contributed by atoms with Gasteiger partial charge in [0.25, 0.3) is 11.5 Å². The Balaban J connectivity index is 1.58. The Morgan fingerprint density at radius 1 is 1.10 bits per heavy atom. The molecule has 0 aliphatic carbocycles. The zero-order valence-corrected chi connectivity index (χ0v) is 18.2. The van der Waals surface area contributed by atoms with Crippen molar-refractivity contribution in [2.24, 2.45) is 0 Å². The molecule has 1 fully saturated rings. The van der Waals surface area contributed by atoms with Crippen LogP contribution in [-0.2, 0) is 0 Å². The van der Waals surface area contributed by atoms with Crippen molar-refractivity contribution in [3.63, 3.8) is 0 Å². The summed E-state index contributed by atoms with van der Waals surface area (Å²) in [5.41, 5.74) is 2.15. The van der Waals surface area contributed by atoms with Crippen molar-refractivity contribution in [3.05, 3.63) is 68.9 Å². The van der Waals surface area contributed by atoms with E-state index in [0.717, 1.165) is 47.0 Å². The van der Waals surface area contributed by atoms with E-state index in [1.165, 1.54) is 0 Å². The van der Waals surface area contributed by atoms with Crippen LogP contribution >= 0.6 is 15.9 Å². The molecule has 1 N–H and O–H groups in total. The molecule has 0 unspecified atom stereocenters. The monoisotopic (exact) mass is 453 g/mol. The molecule has 1 saturated heterocycles. The van der Waals surface area contributed by atoms with Crippen LogP contribution in [0.4, 0.5) is 0 Å². The molecule has 1 aromatic heterocycles. The normalized spacial score (nSPS) is 15.6. The topological polar surface area (TPSA) is 56.4 Å². The number of benzene rings is 2. The van der Waals surface area contributed by atoms with Crippen LogP contribution in [0.2, 0.25) is 0 Å². The molecule has 0 saturated carbocycles. The maximum atomic E-state index is 12.9. The van der Waals surface area contributed by atoms with Crippen molar-refractivity contribution in [3.8, 4) is 11.3 Å². The first kappa shape index (κ1) is 19.9. The first-order valence-corrected chi connectivity index (χ1v) is 10.6. The second-order valence-electron chi connectivity index (χ2n) is 7.74. The van der Waals surface area contributed by atoms with Crippen LogP contribution in [0.3, 0.4) is 0 Å². The largest absolute Gasteiger partial charge is 0.339 e. The zero-order valence-electron chi connectivity index (χ0n) is 16.6. The summed E-state index contributed by atoms with van der Waals surface area (Å²) in [6.45, 7) is 2.04. The number of hydrogen-bond acceptors (Lipinski definition) is 3. The lowest BCUT2D eigenvalue weighted by molar-refractivity contribution is 0.0659. The summed E-state index contributed by atoms with van der Waals surface area (Å²) in [6, 6.07) is 15.3. The second-order valence-corrected chi connectivity index (χ2v) is 8.60. The van der Waals surface area contributed by atoms with Crippen LogP contribution in [0.25, 0.3) is 22.0 Å². The molecule has 0 radical (unpaired) electrons. The van der Waals surface area contributed by atoms with Crippen LogP contribution in [0.15, 0.2) is 57.8 Å². The van der Waals surface area contributed by atoms with Crippen LogP contribution in [-0.4, -0.2) is 53.9 Å². The molecule has 3 aromatic rings. The van der Waals surface area contributed by atoms with E-state index in [1.54, 1.807) is 0 Å². The highest BCUT2D eigenvalue weighted by Crippen LogP contribution is 2.26. The average molecular weight is 454 g/mol. The predicted octanol–water partition coefficient (Wildman–Crippen LogP) is 4.12. The second kappa shape index (κ2) is 8.13. The number of rotatable bonds is 3. The fraction of sp³-hybridized carbons (Fsp3) is 0.304. The summed E-state index contributed by atoms with van der Waals surface area (Å²) < 4.78 is 0.883. The third-order valence-electron chi connectivity index (χ3n) is 5.83. The zero-order chi connectivity index (χ0) is 20.5. The smallest absolute Gasteiger partial charge is 0.256 e. The molecule has 6 heteroatoms. The number of amides is 1. The van der Waals surface area contributed by atoms with Gasteiger partial charge in [-0.05, 0) is 68.9 Å². The molecule has 0 spiro atoms. The molecule has 150 valence electrons. The van der Waals surface area contributed by atoms with E-state index in [2.05, 4.69) is 32.9 Å². The summed E-state index contributed by atoms with van der Waals surface area (Å²) in [6.07, 6.45) is 2.01. The van der Waals surface area contributed by atoms with Gasteiger partial charge in [-0.3, -0.25) is 9.59 Å². The fourth-order valence-electron chi connectivity index (χ4n) is 3.95. The summed E-state index contributed by atoms with van der Waals surface area (Å²) in [5, 5.41) is 1.52. The number of halogens is 1. The van der Waals surface area contributed by atoms with Gasteiger partial charge in [0.15, 0.2) is 0 Å². The van der Waals surface area contributed by atoms with Gasteiger partial charge in [-0.1, -0.05) is 34.1 Å². The first-order valence-electron chi connectivity index (χ1n) is 9.82. The number of likely N-dealkylation sites (tertiary alicyclic amines) is 1. The third-order valence-corrected chi connectivity index (χ3v) is 6.52. The summed E-state index contributed by atoms with van der Waals surface area (Å²) >= 11 is 3.52. The van der Waals surface area contributed by atoms with Gasteiger partial charge in [-0.15, -0.1) is 0 Å². The average Bonchev–Trinajstić information content (AvgIpc) is 2.74. The predicted molar refractivity (Wildman–Crippen MR) is 120 cm³/mol. The number of aromatic nitrogens is 1. The highest BCUT2D eigenvalue weighted by Gasteiger charge is 2.24. The Morgan fingerprint density at radius 2 is 1.79 bits per heavy atom. The molecule has 1 aliphatic heterocycles. The Labute approximate surface area is 178 Å². The molecular weight excluding hydrogens is 430 g/mol. The number of H-pyrrole nitrogens is 1. The number of fused-ring (bicyclic) bond motifs is 1. The van der Waals surface area contributed by atoms with Crippen molar-refractivity contribution in [1.82, 2.24) is 14.8 Å². The van der Waals surface area contributed by atoms with Crippen molar-refractivity contribution in [2.45, 2.75) is 18.9 Å². The van der Waals surface area contributed by atoms with E-state index in [1.807, 2.05) is 60.5 Å². The molecular formula is C23H24BrN3O2. The Bertz CT molecular complexity index is 1100. The van der Waals surface area contributed by atoms with E-state index >= 15 is 0 Å². The minimum atomic E-state index is -0.124. The minimum absolute atomic E-state index is 0.0425. The first-order chi connectivity index (χ1) is 13.9. The number of hydrogen-bond donors (Lipinski definition) is 1. The molecule has 2 aromatic carbocycles. The van der Waals surface area contributed by atoms with Gasteiger partial charge in [0, 0.05) is 39.6 Å². The number of carbonyl (C=O) groups excluding carboxylic acids is 1. The lowest BCUT2D eigenvalue weighted by Crippen LogP contribution is -2.44. The van der Waals surface area contributed by atoms with Gasteiger partial charge in [0.05, 0.1) is 0 Å². The fourth-order valence-corrected chi connectivity index (χ4v) is 4.43. The number of carbonyl (C=O) groups is 1. The molecule has 1 amide bonds. The molecule has 0 atom stereocenters. The van der Waals surface area contributed by atoms with E-state index < -0.39 is 0 Å². The Hall–Kier alpha value is -2.44. The van der Waals surface area contributed by atoms with Crippen molar-refractivity contribution < 1.29 is 4.79 Å². The van der Waals surface area contributed by atoms with Gasteiger partial charge in [0.2, 0.25) is 0 Å². The van der Waals surface area contributed by atoms with E-state index in [4.69, 9.17) is 0 Å². The van der Waals surface area contributed by atoms with E-state index in [-0.39, 0.29) is 17.5 Å². The summed E-state index contributed by atoms with van der Waals surface area (Å²) in [4.78, 5) is 32.5. The lowest BCUT2D eigenvalue weighted by Gasteiger charge is -2.35. The van der Waals surface area contributed by atoms with Crippen LogP contribution < -0.4 is 5.56 Å².